The summed E-state index contributed by atoms with van der Waals surface area (Å²) in [4.78, 5) is 72.9. The maximum Gasteiger partial charge on any atom is 0.329 e. The van der Waals surface area contributed by atoms with E-state index in [1.54, 1.807) is 54.2 Å². The fraction of sp³-hybridized carbons (Fsp3) is 0.672. The molecule has 406 valence electrons. The summed E-state index contributed by atoms with van der Waals surface area (Å²) in [5.41, 5.74) is 2.14. The fourth-order valence-corrected chi connectivity index (χ4v) is 11.3. The Morgan fingerprint density at radius 1 is 0.836 bits per heavy atom. The molecule has 3 aliphatic heterocycles. The average molecular weight is 1020 g/mol. The molecular formula is C58H85NO14. The molecule has 1 aromatic rings. The van der Waals surface area contributed by atoms with Crippen molar-refractivity contribution >= 4 is 29.2 Å². The van der Waals surface area contributed by atoms with Crippen molar-refractivity contribution in [2.75, 3.05) is 35.0 Å². The summed E-state index contributed by atoms with van der Waals surface area (Å²) in [6.07, 6.45) is 11.4. The zero-order chi connectivity index (χ0) is 53.7. The summed E-state index contributed by atoms with van der Waals surface area (Å²) in [7, 11) is 6.10. The van der Waals surface area contributed by atoms with E-state index in [2.05, 4.69) is 0 Å². The van der Waals surface area contributed by atoms with Gasteiger partial charge in [-0.3, -0.25) is 19.2 Å². The normalized spacial score (nSPS) is 36.0. The van der Waals surface area contributed by atoms with Gasteiger partial charge in [-0.15, -0.1) is 0 Å². The lowest BCUT2D eigenvalue weighted by atomic mass is 9.78. The predicted molar refractivity (Wildman–Crippen MR) is 277 cm³/mol. The number of aliphatic hydroxyl groups is 3. The second-order valence-corrected chi connectivity index (χ2v) is 21.5. The highest BCUT2D eigenvalue weighted by Crippen LogP contribution is 2.43. The zero-order valence-corrected chi connectivity index (χ0v) is 45.3. The largest absolute Gasteiger partial charge is 0.497 e. The summed E-state index contributed by atoms with van der Waals surface area (Å²) >= 11 is 0. The third-order valence-electron chi connectivity index (χ3n) is 16.1. The highest BCUT2D eigenvalue weighted by atomic mass is 16.6. The van der Waals surface area contributed by atoms with Gasteiger partial charge in [-0.1, -0.05) is 82.7 Å². The Hall–Kier alpha value is -4.51. The van der Waals surface area contributed by atoms with Gasteiger partial charge in [0.15, 0.2) is 5.78 Å². The number of cyclic esters (lactones) is 1. The molecule has 0 spiro atoms. The molecule has 4 aliphatic rings. The van der Waals surface area contributed by atoms with Crippen LogP contribution in [0.4, 0.5) is 0 Å². The first-order valence-corrected chi connectivity index (χ1v) is 26.5. The van der Waals surface area contributed by atoms with E-state index in [0.29, 0.717) is 81.3 Å². The molecule has 2 saturated heterocycles. The number of ketones is 3. The first-order valence-electron chi connectivity index (χ1n) is 26.5. The van der Waals surface area contributed by atoms with Gasteiger partial charge >= 0.3 is 5.97 Å². The van der Waals surface area contributed by atoms with Crippen LogP contribution in [0.3, 0.4) is 0 Å². The van der Waals surface area contributed by atoms with Crippen LogP contribution in [0, 0.1) is 35.5 Å². The molecule has 1 amide bonds. The Balaban J connectivity index is 1.53. The van der Waals surface area contributed by atoms with Crippen molar-refractivity contribution in [2.24, 2.45) is 35.5 Å². The molecular weight excluding hydrogens is 935 g/mol. The number of carbonyl (C=O) groups excluding carboxylic acids is 5. The molecule has 2 bridgehead atoms. The number of amides is 1. The second-order valence-electron chi connectivity index (χ2n) is 21.5. The van der Waals surface area contributed by atoms with Crippen LogP contribution in [0.1, 0.15) is 137 Å². The van der Waals surface area contributed by atoms with Crippen molar-refractivity contribution in [1.29, 1.82) is 0 Å². The second kappa shape index (κ2) is 27.3. The number of hydrogen-bond donors (Lipinski definition) is 3. The first-order chi connectivity index (χ1) is 34.7. The lowest BCUT2D eigenvalue weighted by Gasteiger charge is -2.43. The van der Waals surface area contributed by atoms with E-state index in [-0.39, 0.29) is 60.7 Å². The highest BCUT2D eigenvalue weighted by molar-refractivity contribution is 6.39. The molecule has 3 N–H and O–H groups in total. The molecule has 0 radical (unpaired) electrons. The van der Waals surface area contributed by atoms with E-state index in [1.165, 1.54) is 12.0 Å². The van der Waals surface area contributed by atoms with E-state index in [4.69, 9.17) is 28.4 Å². The molecule has 0 unspecified atom stereocenters. The van der Waals surface area contributed by atoms with Gasteiger partial charge in [-0.25, -0.2) is 4.79 Å². The Morgan fingerprint density at radius 2 is 1.58 bits per heavy atom. The highest BCUT2D eigenvalue weighted by Gasteiger charge is 2.53. The Bertz CT molecular complexity index is 2180. The Labute approximate surface area is 433 Å². The smallest absolute Gasteiger partial charge is 0.329 e. The van der Waals surface area contributed by atoms with Gasteiger partial charge in [-0.2, -0.15) is 0 Å². The number of carbonyl (C=O) groups is 5. The monoisotopic (exact) mass is 1020 g/mol. The lowest BCUT2D eigenvalue weighted by Crippen LogP contribution is -2.60. The molecule has 15 heteroatoms. The quantitative estimate of drug-likeness (QED) is 0.128. The van der Waals surface area contributed by atoms with Crippen LogP contribution in [0.25, 0.3) is 0 Å². The summed E-state index contributed by atoms with van der Waals surface area (Å²) in [6.45, 7) is 12.8. The standard InChI is InChI=1S/C58H85NO14/c1-34-17-13-12-14-18-35(2)45(44-24-23-42(68-8)32-50(44)69-9)31-43-22-20-40(7)58(67,73-43)55(64)56(65)59-26-16-15-19-46(59)57(66)72-49(37(4)29-41-21-25-47(60)51(30-41)70-10)33-48(61)36(3)28-39(6)53(63)54(71-11)52(62)38(5)27-34/h12-14,17-18,23-24,28,32,34,36-38,40-41,43,45-47,49,51,53-54,60,63,67H,15-16,19-22,25-27,29-31,33H2,1-11H3/b14-12?,17-13+,35-18?,39-28+/t34-,36-,37-,38-,40-,41+,43+,45-,46+,47-,49+,51-,53-,54+,58-/m1/s1. The van der Waals surface area contributed by atoms with Gasteiger partial charge in [0.1, 0.15) is 41.6 Å². The van der Waals surface area contributed by atoms with Crippen LogP contribution in [-0.2, 0) is 42.9 Å². The predicted octanol–water partition coefficient (Wildman–Crippen LogP) is 7.97. The first kappa shape index (κ1) is 59.4. The third kappa shape index (κ3) is 15.1. The van der Waals surface area contributed by atoms with E-state index in [1.807, 2.05) is 70.2 Å². The van der Waals surface area contributed by atoms with Crippen molar-refractivity contribution in [3.05, 3.63) is 71.4 Å². The van der Waals surface area contributed by atoms with Crippen molar-refractivity contribution in [2.45, 2.75) is 180 Å². The SMILES string of the molecule is COc1ccc([C@@H]2C[C@@H]3CC[C@@H](C)[C@@](O)(O3)C(=O)C(=O)N3CCCC[C@H]3C(=O)O[C@H]([C@H](C)C[C@@H]3CC[C@@H](O)[C@H](OC)C3)CC(=O)[C@H](C)/C=C(\C)[C@@H](O)[C@@H](OC)C(=O)[C@H](C)C[C@H](C)/C=C/C=CC=C2C)c(OC)c1. The molecule has 15 nitrogen and oxygen atoms in total. The number of fused-ring (bicyclic) bond motifs is 3. The lowest BCUT2D eigenvalue weighted by molar-refractivity contribution is -0.264. The summed E-state index contributed by atoms with van der Waals surface area (Å²) in [5, 5.41) is 34.4. The van der Waals surface area contributed by atoms with E-state index < -0.39 is 77.8 Å². The maximum atomic E-state index is 14.6. The Kier molecular flexibility index (Phi) is 22.2. The summed E-state index contributed by atoms with van der Waals surface area (Å²) < 4.78 is 35.3. The number of rotatable bonds is 8. The van der Waals surface area contributed by atoms with Gasteiger partial charge < -0.3 is 48.6 Å². The minimum Gasteiger partial charge on any atom is -0.497 e. The van der Waals surface area contributed by atoms with Crippen LogP contribution >= 0.6 is 0 Å². The molecule has 0 aromatic heterocycles. The Morgan fingerprint density at radius 3 is 2.26 bits per heavy atom. The van der Waals surface area contributed by atoms with Gasteiger partial charge in [0.2, 0.25) is 5.79 Å². The zero-order valence-electron chi connectivity index (χ0n) is 45.3. The number of aliphatic hydroxyl groups excluding tert-OH is 2. The number of nitrogens with zero attached hydrogens (tertiary/aromatic N) is 1. The van der Waals surface area contributed by atoms with Crippen LogP contribution in [-0.4, -0.2) is 133 Å². The van der Waals surface area contributed by atoms with Crippen LogP contribution in [0.2, 0.25) is 0 Å². The topological polar surface area (TPSA) is 205 Å². The molecule has 1 saturated carbocycles. The van der Waals surface area contributed by atoms with Crippen molar-refractivity contribution < 1.29 is 67.7 Å². The average Bonchev–Trinajstić information content (AvgIpc) is 3.38. The van der Waals surface area contributed by atoms with Crippen LogP contribution in [0.15, 0.2) is 65.8 Å². The minimum atomic E-state index is -2.49. The molecule has 73 heavy (non-hydrogen) atoms. The van der Waals surface area contributed by atoms with Crippen molar-refractivity contribution in [3.8, 4) is 11.5 Å². The third-order valence-corrected chi connectivity index (χ3v) is 16.1. The van der Waals surface area contributed by atoms with Gasteiger partial charge in [-0.05, 0) is 114 Å². The van der Waals surface area contributed by atoms with Gasteiger partial charge in [0.25, 0.3) is 11.7 Å². The minimum absolute atomic E-state index is 0.0135. The summed E-state index contributed by atoms with van der Waals surface area (Å²) in [5.74, 6) is -7.37. The molecule has 1 aromatic carbocycles. The number of benzene rings is 1. The van der Waals surface area contributed by atoms with Crippen LogP contribution in [0.5, 0.6) is 11.5 Å². The van der Waals surface area contributed by atoms with Gasteiger partial charge in [0, 0.05) is 62.5 Å². The number of Topliss-reactive ketones (excluding diaryl/α,β-unsaturated/α-hetero) is 3. The number of ether oxygens (including phenoxy) is 6. The van der Waals surface area contributed by atoms with E-state index >= 15 is 0 Å². The molecule has 1 aliphatic carbocycles. The van der Waals surface area contributed by atoms with E-state index in [9.17, 15) is 39.3 Å². The molecule has 3 fully saturated rings. The summed E-state index contributed by atoms with van der Waals surface area (Å²) in [6, 6.07) is 4.39. The van der Waals surface area contributed by atoms with Gasteiger partial charge in [0.05, 0.1) is 32.5 Å². The molecule has 15 atom stereocenters. The number of allylic oxidation sites excluding steroid dienone is 7. The molecule has 5 rings (SSSR count). The number of piperidine rings is 1. The molecule has 3 heterocycles. The number of esters is 1. The number of methoxy groups -OCH3 is 4. The fourth-order valence-electron chi connectivity index (χ4n) is 11.3. The van der Waals surface area contributed by atoms with Crippen LogP contribution < -0.4 is 9.47 Å². The number of hydrogen-bond acceptors (Lipinski definition) is 14. The van der Waals surface area contributed by atoms with Crippen molar-refractivity contribution in [1.82, 2.24) is 4.90 Å². The van der Waals surface area contributed by atoms with Crippen molar-refractivity contribution in [3.63, 3.8) is 0 Å². The van der Waals surface area contributed by atoms with E-state index in [0.717, 1.165) is 11.1 Å². The maximum absolute atomic E-state index is 14.6.